The van der Waals surface area contributed by atoms with Crippen LogP contribution in [0.3, 0.4) is 0 Å². The highest BCUT2D eigenvalue weighted by Gasteiger charge is 2.16. The minimum absolute atomic E-state index is 0.0936. The topological polar surface area (TPSA) is 73.3 Å². The van der Waals surface area contributed by atoms with Gasteiger partial charge in [0, 0.05) is 10.7 Å². The van der Waals surface area contributed by atoms with Crippen LogP contribution in [0.1, 0.15) is 10.4 Å². The molecule has 1 aromatic rings. The molecule has 0 fully saturated rings. The number of nitrogens with zero attached hydrogens (tertiary/aromatic N) is 1. The number of hydrogen-bond acceptors (Lipinski definition) is 5. The highest BCUT2D eigenvalue weighted by atomic mass is 127. The second-order valence-corrected chi connectivity index (χ2v) is 6.06. The number of carbonyl (C=O) groups is 1. The van der Waals surface area contributed by atoms with Gasteiger partial charge in [-0.2, -0.15) is 0 Å². The van der Waals surface area contributed by atoms with Gasteiger partial charge in [-0.25, -0.2) is 18.2 Å². The highest BCUT2D eigenvalue weighted by Crippen LogP contribution is 2.17. The standard InChI is InChI=1S/C7H5ClINO4S/c1-14-7(11)4-2-5(9)10-6(3-4)15(8,12)13/h2-3H,1H3. The molecule has 0 amide bonds. The Labute approximate surface area is 104 Å². The Bertz CT molecular complexity index is 502. The summed E-state index contributed by atoms with van der Waals surface area (Å²) in [6, 6.07) is 2.47. The van der Waals surface area contributed by atoms with Crippen LogP contribution in [0, 0.1) is 3.70 Å². The minimum atomic E-state index is -3.94. The second kappa shape index (κ2) is 4.62. The molecule has 0 atom stereocenters. The Morgan fingerprint density at radius 3 is 2.60 bits per heavy atom. The molecule has 0 saturated heterocycles. The highest BCUT2D eigenvalue weighted by molar-refractivity contribution is 14.1. The quantitative estimate of drug-likeness (QED) is 0.345. The maximum absolute atomic E-state index is 11.2. The molecule has 8 heteroatoms. The summed E-state index contributed by atoms with van der Waals surface area (Å²) in [6.45, 7) is 0. The van der Waals surface area contributed by atoms with Crippen molar-refractivity contribution in [2.75, 3.05) is 7.11 Å². The van der Waals surface area contributed by atoms with Crippen molar-refractivity contribution >= 4 is 48.3 Å². The van der Waals surface area contributed by atoms with Gasteiger partial charge in [0.05, 0.1) is 12.7 Å². The number of aromatic nitrogens is 1. The van der Waals surface area contributed by atoms with Crippen LogP contribution in [0.25, 0.3) is 0 Å². The third-order valence-electron chi connectivity index (χ3n) is 1.44. The lowest BCUT2D eigenvalue weighted by Crippen LogP contribution is -2.05. The third-order valence-corrected chi connectivity index (χ3v) is 3.18. The Balaban J connectivity index is 3.35. The van der Waals surface area contributed by atoms with E-state index in [4.69, 9.17) is 10.7 Å². The maximum Gasteiger partial charge on any atom is 0.338 e. The molecular weight excluding hydrogens is 357 g/mol. The molecule has 0 bridgehead atoms. The Kier molecular flexibility index (Phi) is 3.90. The molecule has 1 aromatic heterocycles. The summed E-state index contributed by atoms with van der Waals surface area (Å²) in [5.74, 6) is -0.642. The number of methoxy groups -OCH3 is 1. The van der Waals surface area contributed by atoms with Crippen molar-refractivity contribution in [3.05, 3.63) is 21.4 Å². The van der Waals surface area contributed by atoms with E-state index in [-0.39, 0.29) is 10.6 Å². The van der Waals surface area contributed by atoms with Crippen molar-refractivity contribution in [3.8, 4) is 0 Å². The number of carbonyl (C=O) groups excluding carboxylic acids is 1. The van der Waals surface area contributed by atoms with Gasteiger partial charge in [-0.1, -0.05) is 0 Å². The largest absolute Gasteiger partial charge is 0.465 e. The monoisotopic (exact) mass is 361 g/mol. The molecule has 0 aliphatic carbocycles. The second-order valence-electron chi connectivity index (χ2n) is 2.45. The summed E-state index contributed by atoms with van der Waals surface area (Å²) in [4.78, 5) is 14.8. The zero-order valence-electron chi connectivity index (χ0n) is 7.40. The molecule has 0 N–H and O–H groups in total. The van der Waals surface area contributed by atoms with Gasteiger partial charge in [0.2, 0.25) is 0 Å². The first-order valence-electron chi connectivity index (χ1n) is 3.55. The lowest BCUT2D eigenvalue weighted by Gasteiger charge is -2.01. The normalized spacial score (nSPS) is 11.1. The maximum atomic E-state index is 11.2. The molecule has 0 aliphatic rings. The molecule has 5 nitrogen and oxygen atoms in total. The summed E-state index contributed by atoms with van der Waals surface area (Å²) in [7, 11) is 2.36. The van der Waals surface area contributed by atoms with Crippen molar-refractivity contribution in [1.29, 1.82) is 0 Å². The van der Waals surface area contributed by atoms with Crippen LogP contribution in [-0.4, -0.2) is 26.5 Å². The van der Waals surface area contributed by atoms with Gasteiger partial charge in [0.25, 0.3) is 9.05 Å². The molecule has 0 saturated carbocycles. The van der Waals surface area contributed by atoms with Crippen LogP contribution in [-0.2, 0) is 13.8 Å². The number of hydrogen-bond donors (Lipinski definition) is 0. The van der Waals surface area contributed by atoms with Gasteiger partial charge in [-0.3, -0.25) is 0 Å². The van der Waals surface area contributed by atoms with Crippen molar-refractivity contribution in [2.45, 2.75) is 5.03 Å². The van der Waals surface area contributed by atoms with Gasteiger partial charge in [0.15, 0.2) is 5.03 Å². The number of pyridine rings is 1. The minimum Gasteiger partial charge on any atom is -0.465 e. The fraction of sp³-hybridized carbons (Fsp3) is 0.143. The van der Waals surface area contributed by atoms with E-state index >= 15 is 0 Å². The predicted molar refractivity (Wildman–Crippen MR) is 61.3 cm³/mol. The molecule has 15 heavy (non-hydrogen) atoms. The molecule has 0 aromatic carbocycles. The van der Waals surface area contributed by atoms with Crippen molar-refractivity contribution in [1.82, 2.24) is 4.98 Å². The molecule has 0 unspecified atom stereocenters. The Hall–Kier alpha value is -0.410. The van der Waals surface area contributed by atoms with E-state index < -0.39 is 15.0 Å². The van der Waals surface area contributed by atoms with E-state index in [0.29, 0.717) is 3.70 Å². The van der Waals surface area contributed by atoms with E-state index in [1.54, 1.807) is 22.6 Å². The average molecular weight is 362 g/mol. The van der Waals surface area contributed by atoms with Crippen molar-refractivity contribution in [2.24, 2.45) is 0 Å². The first kappa shape index (κ1) is 12.7. The van der Waals surface area contributed by atoms with Crippen LogP contribution in [0.5, 0.6) is 0 Å². The molecule has 82 valence electrons. The van der Waals surface area contributed by atoms with E-state index in [0.717, 1.165) is 6.07 Å². The molecule has 1 rings (SSSR count). The van der Waals surface area contributed by atoms with Gasteiger partial charge in [-0.05, 0) is 34.7 Å². The molecule has 0 aliphatic heterocycles. The fourth-order valence-corrected chi connectivity index (χ4v) is 2.30. The molecule has 0 spiro atoms. The van der Waals surface area contributed by atoms with Crippen LogP contribution in [0.15, 0.2) is 17.2 Å². The summed E-state index contributed by atoms with van der Waals surface area (Å²) in [5.41, 5.74) is 0.0936. The van der Waals surface area contributed by atoms with Crippen LogP contribution >= 0.6 is 33.3 Å². The Morgan fingerprint density at radius 2 is 2.13 bits per heavy atom. The lowest BCUT2D eigenvalue weighted by molar-refractivity contribution is 0.0600. The zero-order valence-corrected chi connectivity index (χ0v) is 11.1. The average Bonchev–Trinajstić information content (AvgIpc) is 2.14. The van der Waals surface area contributed by atoms with E-state index in [1.807, 2.05) is 0 Å². The number of ether oxygens (including phenoxy) is 1. The number of esters is 1. The van der Waals surface area contributed by atoms with Gasteiger partial charge < -0.3 is 4.74 Å². The summed E-state index contributed by atoms with van der Waals surface area (Å²) in [5, 5.41) is -0.364. The summed E-state index contributed by atoms with van der Waals surface area (Å²) >= 11 is 1.78. The smallest absolute Gasteiger partial charge is 0.338 e. The van der Waals surface area contributed by atoms with E-state index in [2.05, 4.69) is 9.72 Å². The zero-order chi connectivity index (χ0) is 11.6. The third kappa shape index (κ3) is 3.28. The van der Waals surface area contributed by atoms with Gasteiger partial charge in [-0.15, -0.1) is 0 Å². The number of halogens is 2. The fourth-order valence-electron chi connectivity index (χ4n) is 0.833. The first-order valence-corrected chi connectivity index (χ1v) is 6.94. The van der Waals surface area contributed by atoms with Crippen LogP contribution in [0.2, 0.25) is 0 Å². The van der Waals surface area contributed by atoms with E-state index in [9.17, 15) is 13.2 Å². The SMILES string of the molecule is COC(=O)c1cc(I)nc(S(=O)(=O)Cl)c1. The predicted octanol–water partition coefficient (Wildman–Crippen LogP) is 1.40. The van der Waals surface area contributed by atoms with Crippen LogP contribution in [0.4, 0.5) is 0 Å². The summed E-state index contributed by atoms with van der Waals surface area (Å²) in [6.07, 6.45) is 0. The lowest BCUT2D eigenvalue weighted by atomic mass is 10.3. The molecule has 1 heterocycles. The Morgan fingerprint density at radius 1 is 1.53 bits per heavy atom. The van der Waals surface area contributed by atoms with Gasteiger partial charge >= 0.3 is 5.97 Å². The first-order chi connectivity index (χ1) is 6.84. The summed E-state index contributed by atoms with van der Waals surface area (Å²) < 4.78 is 26.8. The molecular formula is C7H5ClINO4S. The van der Waals surface area contributed by atoms with Crippen LogP contribution < -0.4 is 0 Å². The van der Waals surface area contributed by atoms with Crippen molar-refractivity contribution in [3.63, 3.8) is 0 Å². The number of rotatable bonds is 2. The van der Waals surface area contributed by atoms with Crippen molar-refractivity contribution < 1.29 is 17.9 Å². The van der Waals surface area contributed by atoms with Gasteiger partial charge in [0.1, 0.15) is 3.70 Å². The van der Waals surface area contributed by atoms with E-state index in [1.165, 1.54) is 13.2 Å². The molecule has 0 radical (unpaired) electrons.